The quantitative estimate of drug-likeness (QED) is 0.813. The molecule has 2 atom stereocenters. The summed E-state index contributed by atoms with van der Waals surface area (Å²) >= 11 is 1.88. The first-order chi connectivity index (χ1) is 7.09. The molecule has 5 heteroatoms. The minimum atomic E-state index is -3.03. The van der Waals surface area contributed by atoms with E-state index in [1.54, 1.807) is 6.92 Å². The lowest BCUT2D eigenvalue weighted by atomic mass is 9.96. The van der Waals surface area contributed by atoms with Crippen LogP contribution >= 0.6 is 11.8 Å². The summed E-state index contributed by atoms with van der Waals surface area (Å²) in [5, 5.41) is 0.477. The molecule has 0 aromatic heterocycles. The van der Waals surface area contributed by atoms with E-state index in [0.29, 0.717) is 5.25 Å². The second kappa shape index (κ2) is 6.11. The van der Waals surface area contributed by atoms with Gasteiger partial charge in [-0.15, -0.1) is 0 Å². The smallest absolute Gasteiger partial charge is 0.211 e. The first kappa shape index (κ1) is 13.3. The molecule has 1 N–H and O–H groups in total. The first-order valence-corrected chi connectivity index (χ1v) is 8.40. The van der Waals surface area contributed by atoms with Crippen molar-refractivity contribution in [2.75, 3.05) is 11.5 Å². The van der Waals surface area contributed by atoms with Gasteiger partial charge in [-0.2, -0.15) is 11.8 Å². The van der Waals surface area contributed by atoms with Crippen molar-refractivity contribution in [2.45, 2.75) is 50.8 Å². The first-order valence-electron chi connectivity index (χ1n) is 5.70. The standard InChI is InChI=1S/C10H21NO2S2/c1-3-14-10-8-6-5-7-9(10)11-15(12,13)4-2/h9-11H,3-8H2,1-2H3. The van der Waals surface area contributed by atoms with E-state index >= 15 is 0 Å². The third kappa shape index (κ3) is 4.33. The van der Waals surface area contributed by atoms with Gasteiger partial charge in [-0.3, -0.25) is 0 Å². The molecule has 2 unspecified atom stereocenters. The fourth-order valence-corrected chi connectivity index (χ4v) is 4.15. The van der Waals surface area contributed by atoms with E-state index in [9.17, 15) is 8.42 Å². The van der Waals surface area contributed by atoms with Crippen LogP contribution in [0.5, 0.6) is 0 Å². The summed E-state index contributed by atoms with van der Waals surface area (Å²) in [6.07, 6.45) is 4.53. The van der Waals surface area contributed by atoms with Crippen molar-refractivity contribution in [3.8, 4) is 0 Å². The van der Waals surface area contributed by atoms with Crippen LogP contribution in [0, 0.1) is 0 Å². The lowest BCUT2D eigenvalue weighted by molar-refractivity contribution is 0.423. The van der Waals surface area contributed by atoms with Gasteiger partial charge in [0.25, 0.3) is 0 Å². The van der Waals surface area contributed by atoms with E-state index in [1.165, 1.54) is 6.42 Å². The fourth-order valence-electron chi connectivity index (χ4n) is 1.96. The monoisotopic (exact) mass is 251 g/mol. The highest BCUT2D eigenvalue weighted by Gasteiger charge is 2.27. The zero-order valence-electron chi connectivity index (χ0n) is 9.53. The van der Waals surface area contributed by atoms with Crippen molar-refractivity contribution in [1.82, 2.24) is 4.72 Å². The third-order valence-corrected chi connectivity index (χ3v) is 5.54. The fraction of sp³-hybridized carbons (Fsp3) is 1.00. The highest BCUT2D eigenvalue weighted by Crippen LogP contribution is 2.28. The van der Waals surface area contributed by atoms with Crippen molar-refractivity contribution < 1.29 is 8.42 Å². The molecule has 1 aliphatic carbocycles. The molecule has 0 aliphatic heterocycles. The van der Waals surface area contributed by atoms with Crippen LogP contribution in [0.2, 0.25) is 0 Å². The molecular weight excluding hydrogens is 230 g/mol. The average Bonchev–Trinajstić information content (AvgIpc) is 2.21. The molecule has 3 nitrogen and oxygen atoms in total. The highest BCUT2D eigenvalue weighted by atomic mass is 32.2. The summed E-state index contributed by atoms with van der Waals surface area (Å²) in [6.45, 7) is 3.82. The van der Waals surface area contributed by atoms with Crippen LogP contribution in [-0.4, -0.2) is 31.2 Å². The number of nitrogens with one attached hydrogen (secondary N) is 1. The van der Waals surface area contributed by atoms with Crippen LogP contribution in [0.4, 0.5) is 0 Å². The van der Waals surface area contributed by atoms with Crippen LogP contribution in [-0.2, 0) is 10.0 Å². The predicted molar refractivity (Wildman–Crippen MR) is 66.8 cm³/mol. The molecular formula is C10H21NO2S2. The lowest BCUT2D eigenvalue weighted by Crippen LogP contribution is -2.44. The minimum absolute atomic E-state index is 0.161. The van der Waals surface area contributed by atoms with Gasteiger partial charge in [-0.05, 0) is 25.5 Å². The van der Waals surface area contributed by atoms with Crippen LogP contribution in [0.25, 0.3) is 0 Å². The van der Waals surface area contributed by atoms with Crippen LogP contribution in [0.3, 0.4) is 0 Å². The number of hydrogen-bond acceptors (Lipinski definition) is 3. The Labute approximate surface area is 97.5 Å². The third-order valence-electron chi connectivity index (χ3n) is 2.79. The SMILES string of the molecule is CCSC1CCCCC1NS(=O)(=O)CC. The van der Waals surface area contributed by atoms with Gasteiger partial charge in [0.1, 0.15) is 0 Å². The van der Waals surface area contributed by atoms with Gasteiger partial charge in [-0.25, -0.2) is 13.1 Å². The van der Waals surface area contributed by atoms with Gasteiger partial charge >= 0.3 is 0 Å². The Bertz CT molecular complexity index is 275. The molecule has 0 spiro atoms. The molecule has 0 aromatic carbocycles. The molecule has 1 fully saturated rings. The Morgan fingerprint density at radius 2 is 1.93 bits per heavy atom. The van der Waals surface area contributed by atoms with Gasteiger partial charge in [0.2, 0.25) is 10.0 Å². The Morgan fingerprint density at radius 1 is 1.27 bits per heavy atom. The number of sulfonamides is 1. The van der Waals surface area contributed by atoms with E-state index in [1.807, 2.05) is 11.8 Å². The molecule has 1 aliphatic rings. The Morgan fingerprint density at radius 3 is 2.53 bits per heavy atom. The molecule has 0 amide bonds. The van der Waals surface area contributed by atoms with Crippen LogP contribution < -0.4 is 4.72 Å². The summed E-state index contributed by atoms with van der Waals surface area (Å²) in [4.78, 5) is 0. The van der Waals surface area contributed by atoms with Crippen molar-refractivity contribution in [1.29, 1.82) is 0 Å². The molecule has 0 aromatic rings. The molecule has 1 rings (SSSR count). The maximum atomic E-state index is 11.5. The largest absolute Gasteiger partial charge is 0.212 e. The Hall–Kier alpha value is 0.260. The van der Waals surface area contributed by atoms with Gasteiger partial charge < -0.3 is 0 Å². The van der Waals surface area contributed by atoms with Crippen molar-refractivity contribution in [3.05, 3.63) is 0 Å². The van der Waals surface area contributed by atoms with E-state index in [-0.39, 0.29) is 11.8 Å². The molecule has 0 bridgehead atoms. The number of rotatable bonds is 5. The molecule has 1 saturated carbocycles. The molecule has 0 radical (unpaired) electrons. The van der Waals surface area contributed by atoms with Crippen LogP contribution in [0.15, 0.2) is 0 Å². The summed E-state index contributed by atoms with van der Waals surface area (Å²) < 4.78 is 25.8. The molecule has 15 heavy (non-hydrogen) atoms. The van der Waals surface area contributed by atoms with E-state index < -0.39 is 10.0 Å². The maximum Gasteiger partial charge on any atom is 0.211 e. The molecule has 0 saturated heterocycles. The van der Waals surface area contributed by atoms with Gasteiger partial charge in [0.15, 0.2) is 0 Å². The molecule has 90 valence electrons. The predicted octanol–water partition coefficient (Wildman–Crippen LogP) is 1.99. The number of thioether (sulfide) groups is 1. The zero-order valence-corrected chi connectivity index (χ0v) is 11.2. The average molecular weight is 251 g/mol. The van der Waals surface area contributed by atoms with Crippen molar-refractivity contribution in [2.24, 2.45) is 0 Å². The summed E-state index contributed by atoms with van der Waals surface area (Å²) in [7, 11) is -3.03. The Balaban J connectivity index is 2.56. The topological polar surface area (TPSA) is 46.2 Å². The number of hydrogen-bond donors (Lipinski definition) is 1. The van der Waals surface area contributed by atoms with E-state index in [2.05, 4.69) is 11.6 Å². The summed E-state index contributed by atoms with van der Waals surface area (Å²) in [5.74, 6) is 1.25. The normalized spacial score (nSPS) is 27.9. The zero-order chi connectivity index (χ0) is 11.3. The Kier molecular flexibility index (Phi) is 5.43. The van der Waals surface area contributed by atoms with Gasteiger partial charge in [0, 0.05) is 11.3 Å². The lowest BCUT2D eigenvalue weighted by Gasteiger charge is -2.31. The maximum absolute atomic E-state index is 11.5. The second-order valence-electron chi connectivity index (χ2n) is 3.91. The van der Waals surface area contributed by atoms with Crippen molar-refractivity contribution in [3.63, 3.8) is 0 Å². The van der Waals surface area contributed by atoms with E-state index in [4.69, 9.17) is 0 Å². The van der Waals surface area contributed by atoms with Crippen LogP contribution in [0.1, 0.15) is 39.5 Å². The van der Waals surface area contributed by atoms with E-state index in [0.717, 1.165) is 25.0 Å². The minimum Gasteiger partial charge on any atom is -0.212 e. The summed E-state index contributed by atoms with van der Waals surface area (Å²) in [6, 6.07) is 0.161. The van der Waals surface area contributed by atoms with Crippen molar-refractivity contribution >= 4 is 21.8 Å². The van der Waals surface area contributed by atoms with Gasteiger partial charge in [0.05, 0.1) is 5.75 Å². The highest BCUT2D eigenvalue weighted by molar-refractivity contribution is 8.00. The molecule has 0 heterocycles. The van der Waals surface area contributed by atoms with Gasteiger partial charge in [-0.1, -0.05) is 19.8 Å². The second-order valence-corrected chi connectivity index (χ2v) is 7.46. The summed E-state index contributed by atoms with van der Waals surface area (Å²) in [5.41, 5.74) is 0.